The first kappa shape index (κ1) is 16.3. The minimum atomic E-state index is -3.52. The van der Waals surface area contributed by atoms with Crippen molar-refractivity contribution in [1.82, 2.24) is 0 Å². The minimum Gasteiger partial charge on any atom is -0.326 e. The molecule has 0 aromatic heterocycles. The fourth-order valence-corrected chi connectivity index (χ4v) is 3.17. The second-order valence-electron chi connectivity index (χ2n) is 4.75. The highest BCUT2D eigenvalue weighted by molar-refractivity contribution is 7.91. The fraction of sp³-hybridized carbons (Fsp3) is 0.133. The lowest BCUT2D eigenvalue weighted by molar-refractivity contribution is -0.114. The van der Waals surface area contributed by atoms with Gasteiger partial charge in [-0.15, -0.1) is 0 Å². The van der Waals surface area contributed by atoms with E-state index in [1.165, 1.54) is 6.92 Å². The third kappa shape index (κ3) is 5.05. The monoisotopic (exact) mass is 338 g/mol. The number of halogens is 1. The molecule has 0 unspecified atom stereocenters. The zero-order chi connectivity index (χ0) is 16.2. The van der Waals surface area contributed by atoms with E-state index in [1.54, 1.807) is 48.5 Å². The molecule has 0 bridgehead atoms. The van der Waals surface area contributed by atoms with E-state index >= 15 is 0 Å². The topological polar surface area (TPSA) is 75.3 Å². The van der Waals surface area contributed by atoms with Crippen LogP contribution in [0.3, 0.4) is 0 Å². The zero-order valence-electron chi connectivity index (χ0n) is 11.8. The smallest absolute Gasteiger partial charge is 0.236 e. The first-order valence-corrected chi connectivity index (χ1v) is 8.50. The summed E-state index contributed by atoms with van der Waals surface area (Å²) in [4.78, 5) is 10.9. The Hall–Kier alpha value is -2.05. The molecule has 116 valence electrons. The molecule has 0 aliphatic rings. The number of anilines is 2. The molecule has 0 fully saturated rings. The third-order valence-corrected chi connectivity index (χ3v) is 4.26. The van der Waals surface area contributed by atoms with Crippen molar-refractivity contribution in [1.29, 1.82) is 0 Å². The molecular weight excluding hydrogens is 324 g/mol. The van der Waals surface area contributed by atoms with Gasteiger partial charge in [0.05, 0.1) is 5.75 Å². The molecule has 0 aliphatic heterocycles. The van der Waals surface area contributed by atoms with Gasteiger partial charge in [-0.3, -0.25) is 9.52 Å². The van der Waals surface area contributed by atoms with Gasteiger partial charge in [-0.1, -0.05) is 23.7 Å². The van der Waals surface area contributed by atoms with Gasteiger partial charge < -0.3 is 5.32 Å². The quantitative estimate of drug-likeness (QED) is 0.878. The van der Waals surface area contributed by atoms with Crippen molar-refractivity contribution in [2.24, 2.45) is 0 Å². The number of benzene rings is 2. The summed E-state index contributed by atoms with van der Waals surface area (Å²) in [6.45, 7) is 1.41. The zero-order valence-corrected chi connectivity index (χ0v) is 13.4. The predicted molar refractivity (Wildman–Crippen MR) is 88.4 cm³/mol. The molecule has 7 heteroatoms. The maximum atomic E-state index is 12.1. The van der Waals surface area contributed by atoms with Crippen molar-refractivity contribution in [2.45, 2.75) is 12.7 Å². The van der Waals surface area contributed by atoms with Crippen LogP contribution in [0.4, 0.5) is 11.4 Å². The van der Waals surface area contributed by atoms with Crippen LogP contribution in [-0.2, 0) is 20.6 Å². The second kappa shape index (κ2) is 6.81. The van der Waals surface area contributed by atoms with Gasteiger partial charge in [0.2, 0.25) is 15.9 Å². The Kier molecular flexibility index (Phi) is 5.05. The number of amides is 1. The SMILES string of the molecule is CC(=O)Nc1ccc(NS(=O)(=O)Cc2ccc(Cl)cc2)cc1. The molecular formula is C15H15ClN2O3S. The molecule has 0 atom stereocenters. The minimum absolute atomic E-state index is 0.141. The molecule has 0 radical (unpaired) electrons. The van der Waals surface area contributed by atoms with E-state index in [0.29, 0.717) is 22.0 Å². The summed E-state index contributed by atoms with van der Waals surface area (Å²) >= 11 is 5.77. The highest BCUT2D eigenvalue weighted by Crippen LogP contribution is 2.17. The van der Waals surface area contributed by atoms with E-state index in [-0.39, 0.29) is 11.7 Å². The molecule has 2 aromatic rings. The van der Waals surface area contributed by atoms with Gasteiger partial charge >= 0.3 is 0 Å². The van der Waals surface area contributed by atoms with Crippen LogP contribution in [0, 0.1) is 0 Å². The van der Waals surface area contributed by atoms with Crippen LogP contribution < -0.4 is 10.0 Å². The van der Waals surface area contributed by atoms with Gasteiger partial charge in [0, 0.05) is 23.3 Å². The van der Waals surface area contributed by atoms with E-state index in [9.17, 15) is 13.2 Å². The number of nitrogens with one attached hydrogen (secondary N) is 2. The van der Waals surface area contributed by atoms with E-state index in [2.05, 4.69) is 10.0 Å². The summed E-state index contributed by atoms with van der Waals surface area (Å²) in [5, 5.41) is 3.17. The van der Waals surface area contributed by atoms with E-state index in [4.69, 9.17) is 11.6 Å². The largest absolute Gasteiger partial charge is 0.326 e. The molecule has 2 aromatic carbocycles. The summed E-state index contributed by atoms with van der Waals surface area (Å²) in [6.07, 6.45) is 0. The number of carbonyl (C=O) groups is 1. The van der Waals surface area contributed by atoms with Gasteiger partial charge in [-0.2, -0.15) is 0 Å². The van der Waals surface area contributed by atoms with Crippen molar-refractivity contribution >= 4 is 38.9 Å². The van der Waals surface area contributed by atoms with Crippen LogP contribution in [0.25, 0.3) is 0 Å². The Labute approximate surface area is 134 Å². The van der Waals surface area contributed by atoms with Gasteiger partial charge in [0.1, 0.15) is 0 Å². The summed E-state index contributed by atoms with van der Waals surface area (Å²) in [5.41, 5.74) is 1.68. The van der Waals surface area contributed by atoms with E-state index < -0.39 is 10.0 Å². The molecule has 0 saturated carbocycles. The maximum Gasteiger partial charge on any atom is 0.236 e. The third-order valence-electron chi connectivity index (χ3n) is 2.75. The molecule has 0 heterocycles. The maximum absolute atomic E-state index is 12.1. The molecule has 1 amide bonds. The standard InChI is InChI=1S/C15H15ClN2O3S/c1-11(19)17-14-6-8-15(9-7-14)18-22(20,21)10-12-2-4-13(16)5-3-12/h2-9,18H,10H2,1H3,(H,17,19). The molecule has 0 aliphatic carbocycles. The van der Waals surface area contributed by atoms with Gasteiger partial charge in [0.15, 0.2) is 0 Å². The van der Waals surface area contributed by atoms with Crippen molar-refractivity contribution in [2.75, 3.05) is 10.0 Å². The van der Waals surface area contributed by atoms with Crippen LogP contribution in [0.5, 0.6) is 0 Å². The molecule has 2 N–H and O–H groups in total. The summed E-state index contributed by atoms with van der Waals surface area (Å²) in [7, 11) is -3.52. The van der Waals surface area contributed by atoms with Crippen LogP contribution in [-0.4, -0.2) is 14.3 Å². The van der Waals surface area contributed by atoms with Crippen molar-refractivity contribution in [3.05, 3.63) is 59.1 Å². The number of hydrogen-bond donors (Lipinski definition) is 2. The highest BCUT2D eigenvalue weighted by Gasteiger charge is 2.11. The molecule has 2 rings (SSSR count). The fourth-order valence-electron chi connectivity index (χ4n) is 1.84. The summed E-state index contributed by atoms with van der Waals surface area (Å²) in [5.74, 6) is -0.325. The molecule has 5 nitrogen and oxygen atoms in total. The van der Waals surface area contributed by atoms with Crippen LogP contribution in [0.1, 0.15) is 12.5 Å². The van der Waals surface area contributed by atoms with Gasteiger partial charge in [-0.05, 0) is 42.0 Å². The van der Waals surface area contributed by atoms with Gasteiger partial charge in [0.25, 0.3) is 0 Å². The predicted octanol–water partition coefficient (Wildman–Crippen LogP) is 3.24. The second-order valence-corrected chi connectivity index (χ2v) is 6.90. The first-order valence-electron chi connectivity index (χ1n) is 6.47. The lowest BCUT2D eigenvalue weighted by Gasteiger charge is -2.09. The summed E-state index contributed by atoms with van der Waals surface area (Å²) < 4.78 is 26.7. The summed E-state index contributed by atoms with van der Waals surface area (Å²) in [6, 6.07) is 13.1. The van der Waals surface area contributed by atoms with E-state index in [0.717, 1.165) is 0 Å². The Morgan fingerprint density at radius 2 is 1.55 bits per heavy atom. The number of hydrogen-bond acceptors (Lipinski definition) is 3. The Balaban J connectivity index is 2.05. The highest BCUT2D eigenvalue weighted by atomic mass is 35.5. The first-order chi connectivity index (χ1) is 10.3. The molecule has 22 heavy (non-hydrogen) atoms. The number of sulfonamides is 1. The van der Waals surface area contributed by atoms with Crippen molar-refractivity contribution in [3.8, 4) is 0 Å². The Morgan fingerprint density at radius 1 is 1.00 bits per heavy atom. The lowest BCUT2D eigenvalue weighted by atomic mass is 10.2. The van der Waals surface area contributed by atoms with E-state index in [1.807, 2.05) is 0 Å². The van der Waals surface area contributed by atoms with Crippen LogP contribution in [0.15, 0.2) is 48.5 Å². The van der Waals surface area contributed by atoms with Crippen molar-refractivity contribution in [3.63, 3.8) is 0 Å². The normalized spacial score (nSPS) is 11.0. The average Bonchev–Trinajstić information content (AvgIpc) is 2.42. The van der Waals surface area contributed by atoms with Crippen LogP contribution in [0.2, 0.25) is 5.02 Å². The molecule has 0 spiro atoms. The number of rotatable bonds is 5. The molecule has 0 saturated heterocycles. The average molecular weight is 339 g/mol. The lowest BCUT2D eigenvalue weighted by Crippen LogP contribution is -2.15. The van der Waals surface area contributed by atoms with Crippen LogP contribution >= 0.6 is 11.6 Å². The Bertz CT molecular complexity index is 756. The Morgan fingerprint density at radius 3 is 2.09 bits per heavy atom. The van der Waals surface area contributed by atoms with Crippen molar-refractivity contribution < 1.29 is 13.2 Å². The van der Waals surface area contributed by atoms with Gasteiger partial charge in [-0.25, -0.2) is 8.42 Å². The number of carbonyl (C=O) groups excluding carboxylic acids is 1.